The minimum Gasteiger partial charge on any atom is -0.385 e. The van der Waals surface area contributed by atoms with Crippen LogP contribution in [-0.4, -0.2) is 30.2 Å². The van der Waals surface area contributed by atoms with E-state index in [0.717, 1.165) is 37.6 Å². The highest BCUT2D eigenvalue weighted by atomic mass is 16.5. The van der Waals surface area contributed by atoms with Crippen LogP contribution in [0.1, 0.15) is 17.9 Å². The van der Waals surface area contributed by atoms with Crippen LogP contribution in [0.4, 0.5) is 0 Å². The summed E-state index contributed by atoms with van der Waals surface area (Å²) in [5.41, 5.74) is 1.13. The second kappa shape index (κ2) is 5.72. The summed E-state index contributed by atoms with van der Waals surface area (Å²) in [7, 11) is 1.72. The summed E-state index contributed by atoms with van der Waals surface area (Å²) in [6.45, 7) is 4.60. The van der Waals surface area contributed by atoms with E-state index in [2.05, 4.69) is 15.3 Å². The first-order valence-corrected chi connectivity index (χ1v) is 4.53. The van der Waals surface area contributed by atoms with E-state index in [9.17, 15) is 0 Å². The van der Waals surface area contributed by atoms with Crippen LogP contribution in [0, 0.1) is 6.92 Å². The Morgan fingerprint density at radius 2 is 2.46 bits per heavy atom. The van der Waals surface area contributed by atoms with Gasteiger partial charge in [-0.1, -0.05) is 0 Å². The van der Waals surface area contributed by atoms with Crippen LogP contribution < -0.4 is 5.32 Å². The van der Waals surface area contributed by atoms with Crippen molar-refractivity contribution in [1.82, 2.24) is 15.3 Å². The molecule has 1 rings (SSSR count). The first-order valence-electron chi connectivity index (χ1n) is 4.53. The zero-order chi connectivity index (χ0) is 9.52. The zero-order valence-electron chi connectivity index (χ0n) is 8.26. The molecule has 0 fully saturated rings. The molecule has 74 valence electrons. The molecule has 0 saturated heterocycles. The number of nitrogens with one attached hydrogen (secondary N) is 2. The Morgan fingerprint density at radius 1 is 1.62 bits per heavy atom. The SMILES string of the molecule is COCCCNCc1cnc(C)[nH]1. The second-order valence-electron chi connectivity index (χ2n) is 3.02. The van der Waals surface area contributed by atoms with Gasteiger partial charge < -0.3 is 15.0 Å². The maximum Gasteiger partial charge on any atom is 0.103 e. The van der Waals surface area contributed by atoms with Crippen molar-refractivity contribution < 1.29 is 4.74 Å². The minimum absolute atomic E-state index is 0.814. The molecule has 0 unspecified atom stereocenters. The summed E-state index contributed by atoms with van der Waals surface area (Å²) in [4.78, 5) is 7.27. The maximum atomic E-state index is 4.94. The molecular weight excluding hydrogens is 166 g/mol. The Morgan fingerprint density at radius 3 is 3.08 bits per heavy atom. The van der Waals surface area contributed by atoms with Gasteiger partial charge in [0.15, 0.2) is 0 Å². The summed E-state index contributed by atoms with van der Waals surface area (Å²) in [5, 5.41) is 3.30. The predicted octanol–water partition coefficient (Wildman–Crippen LogP) is 0.844. The lowest BCUT2D eigenvalue weighted by atomic mass is 10.4. The number of hydrogen-bond donors (Lipinski definition) is 2. The maximum absolute atomic E-state index is 4.94. The van der Waals surface area contributed by atoms with Gasteiger partial charge in [0, 0.05) is 32.2 Å². The molecule has 0 bridgehead atoms. The van der Waals surface area contributed by atoms with Gasteiger partial charge in [-0.3, -0.25) is 0 Å². The van der Waals surface area contributed by atoms with E-state index >= 15 is 0 Å². The standard InChI is InChI=1S/C9H17N3O/c1-8-11-7-9(12-8)6-10-4-3-5-13-2/h7,10H,3-6H2,1-2H3,(H,11,12). The van der Waals surface area contributed by atoms with Gasteiger partial charge in [0.1, 0.15) is 5.82 Å². The van der Waals surface area contributed by atoms with Crippen molar-refractivity contribution in [3.05, 3.63) is 17.7 Å². The average molecular weight is 183 g/mol. The molecule has 4 nitrogen and oxygen atoms in total. The first-order chi connectivity index (χ1) is 6.33. The average Bonchev–Trinajstić information content (AvgIpc) is 2.51. The van der Waals surface area contributed by atoms with Crippen LogP contribution in [0.5, 0.6) is 0 Å². The minimum atomic E-state index is 0.814. The summed E-state index contributed by atoms with van der Waals surface area (Å²) in [6.07, 6.45) is 2.91. The Labute approximate surface area is 78.7 Å². The normalized spacial score (nSPS) is 10.6. The zero-order valence-corrected chi connectivity index (χ0v) is 8.26. The van der Waals surface area contributed by atoms with Gasteiger partial charge in [-0.25, -0.2) is 4.98 Å². The molecule has 4 heteroatoms. The second-order valence-corrected chi connectivity index (χ2v) is 3.02. The summed E-state index contributed by atoms with van der Waals surface area (Å²) in [6, 6.07) is 0. The van der Waals surface area contributed by atoms with E-state index in [1.807, 2.05) is 13.1 Å². The first kappa shape index (κ1) is 10.2. The van der Waals surface area contributed by atoms with E-state index in [1.165, 1.54) is 0 Å². The monoisotopic (exact) mass is 183 g/mol. The van der Waals surface area contributed by atoms with Gasteiger partial charge in [0.05, 0.1) is 0 Å². The van der Waals surface area contributed by atoms with Crippen molar-refractivity contribution in [2.75, 3.05) is 20.3 Å². The van der Waals surface area contributed by atoms with Gasteiger partial charge in [-0.15, -0.1) is 0 Å². The molecule has 0 aliphatic heterocycles. The number of rotatable bonds is 6. The number of imidazole rings is 1. The Balaban J connectivity index is 2.06. The molecule has 2 N–H and O–H groups in total. The van der Waals surface area contributed by atoms with Crippen LogP contribution in [0.3, 0.4) is 0 Å². The topological polar surface area (TPSA) is 49.9 Å². The van der Waals surface area contributed by atoms with Crippen molar-refractivity contribution >= 4 is 0 Å². The van der Waals surface area contributed by atoms with Crippen LogP contribution in [0.15, 0.2) is 6.20 Å². The predicted molar refractivity (Wildman–Crippen MR) is 51.5 cm³/mol. The van der Waals surface area contributed by atoms with E-state index in [1.54, 1.807) is 7.11 Å². The van der Waals surface area contributed by atoms with Gasteiger partial charge in [-0.2, -0.15) is 0 Å². The van der Waals surface area contributed by atoms with Crippen LogP contribution in [-0.2, 0) is 11.3 Å². The number of aromatic nitrogens is 2. The van der Waals surface area contributed by atoms with Crippen LogP contribution in [0.25, 0.3) is 0 Å². The molecule has 0 aliphatic rings. The molecule has 0 aromatic carbocycles. The molecule has 0 spiro atoms. The quantitative estimate of drug-likeness (QED) is 0.643. The molecule has 1 aromatic rings. The van der Waals surface area contributed by atoms with Crippen molar-refractivity contribution in [3.63, 3.8) is 0 Å². The molecule has 0 radical (unpaired) electrons. The number of hydrogen-bond acceptors (Lipinski definition) is 3. The fourth-order valence-corrected chi connectivity index (χ4v) is 1.13. The summed E-state index contributed by atoms with van der Waals surface area (Å²) < 4.78 is 4.94. The Kier molecular flexibility index (Phi) is 4.49. The number of H-pyrrole nitrogens is 1. The number of ether oxygens (including phenoxy) is 1. The Hall–Kier alpha value is -0.870. The third-order valence-electron chi connectivity index (χ3n) is 1.77. The van der Waals surface area contributed by atoms with Gasteiger partial charge >= 0.3 is 0 Å². The molecule has 0 amide bonds. The van der Waals surface area contributed by atoms with E-state index < -0.39 is 0 Å². The Bertz CT molecular complexity index is 235. The van der Waals surface area contributed by atoms with Gasteiger partial charge in [0.25, 0.3) is 0 Å². The van der Waals surface area contributed by atoms with Crippen LogP contribution >= 0.6 is 0 Å². The third kappa shape index (κ3) is 4.05. The molecule has 0 aliphatic carbocycles. The lowest BCUT2D eigenvalue weighted by Crippen LogP contribution is -2.16. The highest BCUT2D eigenvalue weighted by Gasteiger charge is 1.94. The number of aryl methyl sites for hydroxylation is 1. The van der Waals surface area contributed by atoms with E-state index in [-0.39, 0.29) is 0 Å². The number of methoxy groups -OCH3 is 1. The van der Waals surface area contributed by atoms with E-state index in [4.69, 9.17) is 4.74 Å². The largest absolute Gasteiger partial charge is 0.385 e. The summed E-state index contributed by atoms with van der Waals surface area (Å²) >= 11 is 0. The molecule has 1 aromatic heterocycles. The van der Waals surface area contributed by atoms with Crippen molar-refractivity contribution in [1.29, 1.82) is 0 Å². The van der Waals surface area contributed by atoms with Crippen molar-refractivity contribution in [2.45, 2.75) is 19.9 Å². The third-order valence-corrected chi connectivity index (χ3v) is 1.77. The summed E-state index contributed by atoms with van der Waals surface area (Å²) in [5.74, 6) is 0.966. The fourth-order valence-electron chi connectivity index (χ4n) is 1.13. The lowest BCUT2D eigenvalue weighted by Gasteiger charge is -2.01. The highest BCUT2D eigenvalue weighted by molar-refractivity contribution is 4.98. The van der Waals surface area contributed by atoms with Crippen molar-refractivity contribution in [2.24, 2.45) is 0 Å². The molecular formula is C9H17N3O. The molecule has 0 saturated carbocycles. The van der Waals surface area contributed by atoms with Gasteiger partial charge in [0.2, 0.25) is 0 Å². The van der Waals surface area contributed by atoms with Crippen molar-refractivity contribution in [3.8, 4) is 0 Å². The molecule has 0 atom stereocenters. The highest BCUT2D eigenvalue weighted by Crippen LogP contribution is 1.94. The molecule has 13 heavy (non-hydrogen) atoms. The number of nitrogens with zero attached hydrogens (tertiary/aromatic N) is 1. The fraction of sp³-hybridized carbons (Fsp3) is 0.667. The van der Waals surface area contributed by atoms with E-state index in [0.29, 0.717) is 0 Å². The lowest BCUT2D eigenvalue weighted by molar-refractivity contribution is 0.194. The number of aromatic amines is 1. The van der Waals surface area contributed by atoms with Gasteiger partial charge in [-0.05, 0) is 19.9 Å². The molecule has 1 heterocycles. The smallest absolute Gasteiger partial charge is 0.103 e. The van der Waals surface area contributed by atoms with Crippen LogP contribution in [0.2, 0.25) is 0 Å².